The largest absolute Gasteiger partial charge is 0.383 e. The Morgan fingerprint density at radius 2 is 2.00 bits per heavy atom. The van der Waals surface area contributed by atoms with Crippen LogP contribution in [0.1, 0.15) is 16.5 Å². The molecule has 2 aromatic rings. The van der Waals surface area contributed by atoms with E-state index < -0.39 is 15.9 Å². The molecule has 2 rings (SSSR count). The summed E-state index contributed by atoms with van der Waals surface area (Å²) >= 11 is 4.59. The molecule has 0 saturated heterocycles. The number of aliphatic hydroxyl groups is 1. The van der Waals surface area contributed by atoms with E-state index in [4.69, 9.17) is 0 Å². The van der Waals surface area contributed by atoms with E-state index in [1.807, 2.05) is 18.4 Å². The highest BCUT2D eigenvalue weighted by molar-refractivity contribution is 9.09. The second-order valence-corrected chi connectivity index (χ2v) is 8.09. The molecule has 0 aliphatic heterocycles. The van der Waals surface area contributed by atoms with E-state index in [1.54, 1.807) is 30.3 Å². The molecule has 0 bridgehead atoms. The zero-order valence-electron chi connectivity index (χ0n) is 11.4. The summed E-state index contributed by atoms with van der Waals surface area (Å²) in [6.45, 7) is 1.90. The van der Waals surface area contributed by atoms with E-state index in [2.05, 4.69) is 15.9 Å². The second kappa shape index (κ2) is 6.87. The van der Waals surface area contributed by atoms with Crippen LogP contribution in [0.3, 0.4) is 0 Å². The van der Waals surface area contributed by atoms with Crippen LogP contribution in [0.2, 0.25) is 0 Å². The van der Waals surface area contributed by atoms with Crippen LogP contribution < -0.4 is 0 Å². The fourth-order valence-electron chi connectivity index (χ4n) is 1.79. The fourth-order valence-corrected chi connectivity index (χ4v) is 4.81. The molecule has 1 aromatic carbocycles. The van der Waals surface area contributed by atoms with Gasteiger partial charge in [-0.2, -0.15) is 0 Å². The van der Waals surface area contributed by atoms with Crippen molar-refractivity contribution in [3.63, 3.8) is 0 Å². The lowest BCUT2D eigenvalue weighted by molar-refractivity contribution is 0.232. The van der Waals surface area contributed by atoms with Crippen molar-refractivity contribution in [2.75, 3.05) is 5.33 Å². The van der Waals surface area contributed by atoms with E-state index >= 15 is 0 Å². The molecule has 1 heterocycles. The first-order valence-corrected chi connectivity index (χ1v) is 9.73. The molecule has 6 heteroatoms. The van der Waals surface area contributed by atoms with Gasteiger partial charge in [0.25, 0.3) is 0 Å². The molecule has 0 fully saturated rings. The van der Waals surface area contributed by atoms with Gasteiger partial charge in [-0.15, -0.1) is 11.3 Å². The summed E-state index contributed by atoms with van der Waals surface area (Å²) in [5, 5.41) is 12.1. The zero-order valence-corrected chi connectivity index (χ0v) is 14.6. The lowest BCUT2D eigenvalue weighted by Crippen LogP contribution is -2.08. The Kier molecular flexibility index (Phi) is 5.37. The molecular formula is C15H15BrO3S2. The topological polar surface area (TPSA) is 54.4 Å². The Morgan fingerprint density at radius 1 is 1.33 bits per heavy atom. The number of alkyl halides is 1. The number of rotatable bonds is 5. The highest BCUT2D eigenvalue weighted by Gasteiger charge is 2.21. The van der Waals surface area contributed by atoms with Gasteiger partial charge in [-0.25, -0.2) is 8.42 Å². The van der Waals surface area contributed by atoms with Crippen LogP contribution in [0.25, 0.3) is 0 Å². The molecular weight excluding hydrogens is 372 g/mol. The molecule has 3 nitrogen and oxygen atoms in total. The van der Waals surface area contributed by atoms with E-state index in [1.165, 1.54) is 17.4 Å². The molecule has 1 N–H and O–H groups in total. The first-order valence-electron chi connectivity index (χ1n) is 6.25. The lowest BCUT2D eigenvalue weighted by atomic mass is 10.2. The summed E-state index contributed by atoms with van der Waals surface area (Å²) in [5.41, 5.74) is 0.997. The maximum atomic E-state index is 12.6. The van der Waals surface area contributed by atoms with Crippen molar-refractivity contribution in [3.05, 3.63) is 63.2 Å². The average Bonchev–Trinajstić information content (AvgIpc) is 2.99. The number of allylic oxidation sites excluding steroid dienone is 1. The number of sulfone groups is 1. The van der Waals surface area contributed by atoms with Crippen molar-refractivity contribution in [3.8, 4) is 0 Å². The maximum Gasteiger partial charge on any atom is 0.203 e. The van der Waals surface area contributed by atoms with Crippen molar-refractivity contribution in [1.82, 2.24) is 0 Å². The predicted octanol–water partition coefficient (Wildman–Crippen LogP) is 3.84. The van der Waals surface area contributed by atoms with Gasteiger partial charge in [0, 0.05) is 10.2 Å². The molecule has 1 unspecified atom stereocenters. The number of hydrogen-bond acceptors (Lipinski definition) is 4. The monoisotopic (exact) mass is 386 g/mol. The first-order chi connectivity index (χ1) is 9.95. The average molecular weight is 387 g/mol. The Labute approximate surface area is 137 Å². The number of hydrogen-bond donors (Lipinski definition) is 1. The van der Waals surface area contributed by atoms with Crippen molar-refractivity contribution in [2.45, 2.75) is 17.9 Å². The SMILES string of the molecule is Cc1ccc(S(=O)(=O)/C(=C/C(O)c2cccs2)CBr)cc1. The standard InChI is InChI=1S/C15H15BrO3S2/c1-11-4-6-12(7-5-11)21(18,19)13(10-16)9-14(17)15-3-2-8-20-15/h2-9,14,17H,10H2,1H3/b13-9+. The minimum atomic E-state index is -3.60. The van der Waals surface area contributed by atoms with Crippen LogP contribution in [-0.2, 0) is 9.84 Å². The van der Waals surface area contributed by atoms with Gasteiger partial charge in [-0.05, 0) is 36.6 Å². The minimum absolute atomic E-state index is 0.158. The van der Waals surface area contributed by atoms with Gasteiger partial charge in [0.05, 0.1) is 9.80 Å². The Bertz CT molecular complexity index is 717. The van der Waals surface area contributed by atoms with Crippen LogP contribution in [0, 0.1) is 6.92 Å². The first kappa shape index (κ1) is 16.4. The molecule has 0 aliphatic rings. The molecule has 1 aromatic heterocycles. The van der Waals surface area contributed by atoms with Crippen molar-refractivity contribution < 1.29 is 13.5 Å². The number of halogens is 1. The third kappa shape index (κ3) is 3.83. The van der Waals surface area contributed by atoms with Crippen LogP contribution in [0.5, 0.6) is 0 Å². The normalized spacial score (nSPS) is 14.1. The summed E-state index contributed by atoms with van der Waals surface area (Å²) in [6, 6.07) is 10.3. The van der Waals surface area contributed by atoms with Gasteiger partial charge in [0.1, 0.15) is 6.10 Å². The molecule has 1 atom stereocenters. The maximum absolute atomic E-state index is 12.6. The molecule has 112 valence electrons. The zero-order chi connectivity index (χ0) is 15.5. The van der Waals surface area contributed by atoms with E-state index in [-0.39, 0.29) is 15.1 Å². The van der Waals surface area contributed by atoms with Gasteiger partial charge >= 0.3 is 0 Å². The van der Waals surface area contributed by atoms with Crippen molar-refractivity contribution >= 4 is 37.1 Å². The van der Waals surface area contributed by atoms with E-state index in [9.17, 15) is 13.5 Å². The Hall–Kier alpha value is -0.950. The predicted molar refractivity (Wildman–Crippen MR) is 89.5 cm³/mol. The highest BCUT2D eigenvalue weighted by atomic mass is 79.9. The number of aryl methyl sites for hydroxylation is 1. The summed E-state index contributed by atoms with van der Waals surface area (Å²) < 4.78 is 25.1. The van der Waals surface area contributed by atoms with Crippen LogP contribution in [-0.4, -0.2) is 18.9 Å². The van der Waals surface area contributed by atoms with Crippen LogP contribution in [0.15, 0.2) is 57.7 Å². The van der Waals surface area contributed by atoms with E-state index in [0.29, 0.717) is 4.88 Å². The third-order valence-electron chi connectivity index (χ3n) is 2.99. The molecule has 0 radical (unpaired) electrons. The molecule has 0 spiro atoms. The number of aliphatic hydroxyl groups excluding tert-OH is 1. The van der Waals surface area contributed by atoms with Crippen molar-refractivity contribution in [2.24, 2.45) is 0 Å². The van der Waals surface area contributed by atoms with Gasteiger partial charge in [0.2, 0.25) is 9.84 Å². The summed E-state index contributed by atoms with van der Waals surface area (Å²) in [5.74, 6) is 0. The molecule has 21 heavy (non-hydrogen) atoms. The molecule has 0 amide bonds. The van der Waals surface area contributed by atoms with Gasteiger partial charge in [-0.3, -0.25) is 0 Å². The molecule has 0 saturated carbocycles. The second-order valence-electron chi connectivity index (χ2n) is 4.54. The van der Waals surface area contributed by atoms with E-state index in [0.717, 1.165) is 5.56 Å². The van der Waals surface area contributed by atoms with Crippen LogP contribution in [0.4, 0.5) is 0 Å². The summed E-state index contributed by atoms with van der Waals surface area (Å²) in [7, 11) is -3.60. The lowest BCUT2D eigenvalue weighted by Gasteiger charge is -2.10. The van der Waals surface area contributed by atoms with Gasteiger partial charge < -0.3 is 5.11 Å². The smallest absolute Gasteiger partial charge is 0.203 e. The third-order valence-corrected chi connectivity index (χ3v) is 6.77. The highest BCUT2D eigenvalue weighted by Crippen LogP contribution is 2.26. The summed E-state index contributed by atoms with van der Waals surface area (Å²) in [4.78, 5) is 1.11. The fraction of sp³-hybridized carbons (Fsp3) is 0.200. The van der Waals surface area contributed by atoms with Crippen molar-refractivity contribution in [1.29, 1.82) is 0 Å². The Morgan fingerprint density at radius 3 is 2.52 bits per heavy atom. The number of benzene rings is 1. The number of thiophene rings is 1. The Balaban J connectivity index is 2.38. The quantitative estimate of drug-likeness (QED) is 0.794. The van der Waals surface area contributed by atoms with Gasteiger partial charge in [0.15, 0.2) is 0 Å². The van der Waals surface area contributed by atoms with Gasteiger partial charge in [-0.1, -0.05) is 39.7 Å². The molecule has 0 aliphatic carbocycles. The van der Waals surface area contributed by atoms with Crippen LogP contribution >= 0.6 is 27.3 Å². The summed E-state index contributed by atoms with van der Waals surface area (Å²) in [6.07, 6.45) is 0.466. The minimum Gasteiger partial charge on any atom is -0.383 e.